The van der Waals surface area contributed by atoms with Gasteiger partial charge < -0.3 is 5.32 Å². The highest BCUT2D eigenvalue weighted by molar-refractivity contribution is 5.46. The quantitative estimate of drug-likeness (QED) is 0.767. The minimum absolute atomic E-state index is 0.307. The van der Waals surface area contributed by atoms with Crippen molar-refractivity contribution >= 4 is 0 Å². The Hall–Kier alpha value is -1.60. The van der Waals surface area contributed by atoms with Gasteiger partial charge in [-0.15, -0.1) is 0 Å². The van der Waals surface area contributed by atoms with Crippen molar-refractivity contribution < 1.29 is 0 Å². The Balaban J connectivity index is 1.90. The Morgan fingerprint density at radius 2 is 1.60 bits per heavy atom. The monoisotopic (exact) mass is 263 g/mol. The molecule has 1 unspecified atom stereocenters. The molecule has 1 aliphatic heterocycles. The van der Waals surface area contributed by atoms with E-state index in [9.17, 15) is 0 Å². The molecular weight excluding hydrogens is 242 g/mol. The minimum atomic E-state index is 0.307. The average Bonchev–Trinajstić information content (AvgIpc) is 2.63. The van der Waals surface area contributed by atoms with Gasteiger partial charge in [0.25, 0.3) is 0 Å². The second kappa shape index (κ2) is 4.75. The van der Waals surface area contributed by atoms with Gasteiger partial charge >= 0.3 is 0 Å². The fourth-order valence-corrected chi connectivity index (χ4v) is 4.11. The maximum atomic E-state index is 3.64. The van der Waals surface area contributed by atoms with E-state index in [0.29, 0.717) is 5.41 Å². The fraction of sp³-hybridized carbons (Fsp3) is 0.368. The zero-order valence-corrected chi connectivity index (χ0v) is 11.9. The van der Waals surface area contributed by atoms with Crippen molar-refractivity contribution in [2.24, 2.45) is 0 Å². The Bertz CT molecular complexity index is 623. The molecule has 2 aromatic carbocycles. The van der Waals surface area contributed by atoms with Gasteiger partial charge in [-0.05, 0) is 54.5 Å². The summed E-state index contributed by atoms with van der Waals surface area (Å²) in [6, 6.07) is 18.1. The van der Waals surface area contributed by atoms with E-state index in [1.807, 2.05) is 0 Å². The average molecular weight is 263 g/mol. The molecule has 102 valence electrons. The normalized spacial score (nSPS) is 24.8. The summed E-state index contributed by atoms with van der Waals surface area (Å²) < 4.78 is 0. The van der Waals surface area contributed by atoms with E-state index >= 15 is 0 Å². The standard InChI is InChI=1S/C19H21N/c1-2-8-17-13-19(10-5-11-20-14-19)18-9-4-3-7-16(18)12-15(17)6-1/h1-4,6-9,20H,5,10-14H2. The second-order valence-corrected chi connectivity index (χ2v) is 6.34. The summed E-state index contributed by atoms with van der Waals surface area (Å²) >= 11 is 0. The molecule has 1 atom stereocenters. The van der Waals surface area contributed by atoms with E-state index in [4.69, 9.17) is 0 Å². The van der Waals surface area contributed by atoms with Crippen LogP contribution in [0.3, 0.4) is 0 Å². The number of benzene rings is 2. The van der Waals surface area contributed by atoms with Gasteiger partial charge in [0.05, 0.1) is 0 Å². The van der Waals surface area contributed by atoms with Gasteiger partial charge in [-0.25, -0.2) is 0 Å². The van der Waals surface area contributed by atoms with Gasteiger partial charge in [0.15, 0.2) is 0 Å². The second-order valence-electron chi connectivity index (χ2n) is 6.34. The summed E-state index contributed by atoms with van der Waals surface area (Å²) in [5, 5.41) is 3.64. The molecule has 0 amide bonds. The third-order valence-electron chi connectivity index (χ3n) is 5.09. The number of fused-ring (bicyclic) bond motifs is 3. The molecule has 0 saturated carbocycles. The van der Waals surface area contributed by atoms with Crippen molar-refractivity contribution in [3.8, 4) is 0 Å². The van der Waals surface area contributed by atoms with E-state index in [-0.39, 0.29) is 0 Å². The van der Waals surface area contributed by atoms with Crippen molar-refractivity contribution in [2.45, 2.75) is 31.1 Å². The SMILES string of the molecule is c1ccc2c(c1)Cc1ccccc1C1(CCCNC1)C2. The van der Waals surface area contributed by atoms with Crippen molar-refractivity contribution in [3.63, 3.8) is 0 Å². The van der Waals surface area contributed by atoms with Gasteiger partial charge in [-0.1, -0.05) is 48.5 Å². The van der Waals surface area contributed by atoms with Crippen LogP contribution in [0.2, 0.25) is 0 Å². The largest absolute Gasteiger partial charge is 0.316 e. The molecule has 2 aliphatic rings. The Morgan fingerprint density at radius 3 is 2.40 bits per heavy atom. The van der Waals surface area contributed by atoms with Crippen LogP contribution < -0.4 is 5.32 Å². The van der Waals surface area contributed by atoms with Crippen LogP contribution in [0.15, 0.2) is 48.5 Å². The zero-order chi connectivity index (χ0) is 13.4. The van der Waals surface area contributed by atoms with Gasteiger partial charge in [0.1, 0.15) is 0 Å². The van der Waals surface area contributed by atoms with Crippen LogP contribution in [0.4, 0.5) is 0 Å². The molecule has 0 radical (unpaired) electrons. The first-order valence-electron chi connectivity index (χ1n) is 7.73. The molecular formula is C19H21N. The molecule has 1 saturated heterocycles. The lowest BCUT2D eigenvalue weighted by molar-refractivity contribution is 0.310. The zero-order valence-electron chi connectivity index (χ0n) is 11.9. The van der Waals surface area contributed by atoms with Crippen molar-refractivity contribution in [3.05, 3.63) is 70.8 Å². The number of rotatable bonds is 0. The first-order valence-corrected chi connectivity index (χ1v) is 7.73. The molecule has 0 aromatic heterocycles. The predicted molar refractivity (Wildman–Crippen MR) is 83.2 cm³/mol. The molecule has 0 bridgehead atoms. The fourth-order valence-electron chi connectivity index (χ4n) is 4.11. The Morgan fingerprint density at radius 1 is 0.850 bits per heavy atom. The molecule has 1 heterocycles. The molecule has 1 nitrogen and oxygen atoms in total. The van der Waals surface area contributed by atoms with Gasteiger partial charge in [0.2, 0.25) is 0 Å². The molecule has 4 rings (SSSR count). The van der Waals surface area contributed by atoms with Crippen LogP contribution in [0.25, 0.3) is 0 Å². The number of nitrogens with one attached hydrogen (secondary N) is 1. The highest BCUT2D eigenvalue weighted by atomic mass is 14.9. The third-order valence-corrected chi connectivity index (χ3v) is 5.09. The van der Waals surface area contributed by atoms with Crippen molar-refractivity contribution in [1.29, 1.82) is 0 Å². The predicted octanol–water partition coefficient (Wildman–Crippen LogP) is 3.45. The van der Waals surface area contributed by atoms with Gasteiger partial charge in [0, 0.05) is 12.0 Å². The molecule has 1 aliphatic carbocycles. The Labute approximate surface area is 121 Å². The van der Waals surface area contributed by atoms with Crippen molar-refractivity contribution in [1.82, 2.24) is 5.32 Å². The van der Waals surface area contributed by atoms with Crippen LogP contribution in [-0.4, -0.2) is 13.1 Å². The lowest BCUT2D eigenvalue weighted by atomic mass is 9.70. The third kappa shape index (κ3) is 1.89. The lowest BCUT2D eigenvalue weighted by Crippen LogP contribution is -2.45. The molecule has 1 spiro atoms. The molecule has 2 aromatic rings. The van der Waals surface area contributed by atoms with E-state index in [1.54, 1.807) is 11.1 Å². The van der Waals surface area contributed by atoms with E-state index in [2.05, 4.69) is 53.8 Å². The van der Waals surface area contributed by atoms with E-state index < -0.39 is 0 Å². The lowest BCUT2D eigenvalue weighted by Gasteiger charge is -2.39. The first kappa shape index (κ1) is 12.2. The maximum absolute atomic E-state index is 3.64. The van der Waals surface area contributed by atoms with E-state index in [1.165, 1.54) is 36.9 Å². The van der Waals surface area contributed by atoms with Gasteiger partial charge in [-0.3, -0.25) is 0 Å². The summed E-state index contributed by atoms with van der Waals surface area (Å²) in [6.07, 6.45) is 4.88. The van der Waals surface area contributed by atoms with Crippen LogP contribution in [0.1, 0.15) is 35.1 Å². The van der Waals surface area contributed by atoms with Crippen LogP contribution in [0.5, 0.6) is 0 Å². The number of hydrogen-bond acceptors (Lipinski definition) is 1. The highest BCUT2D eigenvalue weighted by Gasteiger charge is 2.37. The van der Waals surface area contributed by atoms with Crippen LogP contribution in [0, 0.1) is 0 Å². The Kier molecular flexibility index (Phi) is 2.89. The van der Waals surface area contributed by atoms with Gasteiger partial charge in [-0.2, -0.15) is 0 Å². The topological polar surface area (TPSA) is 12.0 Å². The maximum Gasteiger partial charge on any atom is 0.0121 e. The molecule has 1 heteroatoms. The highest BCUT2D eigenvalue weighted by Crippen LogP contribution is 2.40. The van der Waals surface area contributed by atoms with Crippen LogP contribution in [-0.2, 0) is 18.3 Å². The minimum Gasteiger partial charge on any atom is -0.316 e. The molecule has 1 fully saturated rings. The summed E-state index contributed by atoms with van der Waals surface area (Å²) in [7, 11) is 0. The number of piperidine rings is 1. The van der Waals surface area contributed by atoms with E-state index in [0.717, 1.165) is 13.0 Å². The smallest absolute Gasteiger partial charge is 0.0121 e. The summed E-state index contributed by atoms with van der Waals surface area (Å²) in [6.45, 7) is 2.30. The van der Waals surface area contributed by atoms with Crippen LogP contribution >= 0.6 is 0 Å². The summed E-state index contributed by atoms with van der Waals surface area (Å²) in [5.74, 6) is 0. The summed E-state index contributed by atoms with van der Waals surface area (Å²) in [4.78, 5) is 0. The first-order chi connectivity index (χ1) is 9.87. The summed E-state index contributed by atoms with van der Waals surface area (Å²) in [5.41, 5.74) is 6.49. The molecule has 1 N–H and O–H groups in total. The van der Waals surface area contributed by atoms with Crippen molar-refractivity contribution in [2.75, 3.05) is 13.1 Å². The number of hydrogen-bond donors (Lipinski definition) is 1. The molecule has 20 heavy (non-hydrogen) atoms.